The lowest BCUT2D eigenvalue weighted by Gasteiger charge is -2.15. The topological polar surface area (TPSA) is 25.2 Å². The molecule has 0 fully saturated rings. The van der Waals surface area contributed by atoms with Crippen molar-refractivity contribution in [1.82, 2.24) is 5.32 Å². The van der Waals surface area contributed by atoms with Crippen molar-refractivity contribution >= 4 is 0 Å². The van der Waals surface area contributed by atoms with Crippen LogP contribution in [-0.4, -0.2) is 12.6 Å². The second kappa shape index (κ2) is 6.44. The maximum atomic E-state index is 5.04. The van der Waals surface area contributed by atoms with E-state index in [4.69, 9.17) is 4.42 Å². The summed E-state index contributed by atoms with van der Waals surface area (Å²) in [4.78, 5) is 0. The fourth-order valence-corrected chi connectivity index (χ4v) is 1.48. The van der Waals surface area contributed by atoms with E-state index < -0.39 is 0 Å². The molecule has 0 saturated heterocycles. The normalized spacial score (nSPS) is 12.6. The number of hydrogen-bond donors (Lipinski definition) is 1. The van der Waals surface area contributed by atoms with Gasteiger partial charge in [0.05, 0.1) is 12.5 Å². The summed E-state index contributed by atoms with van der Waals surface area (Å²) in [5.41, 5.74) is 1.25. The fraction of sp³-hybridized carbons (Fsp3) is 0.500. The van der Waals surface area contributed by atoms with Crippen LogP contribution in [0.15, 0.2) is 35.7 Å². The van der Waals surface area contributed by atoms with E-state index >= 15 is 0 Å². The van der Waals surface area contributed by atoms with Crippen LogP contribution in [0.1, 0.15) is 25.3 Å². The van der Waals surface area contributed by atoms with E-state index in [2.05, 4.69) is 18.8 Å². The molecular weight excluding hydrogens is 174 g/mol. The van der Waals surface area contributed by atoms with Gasteiger partial charge in [-0.15, -0.1) is 6.58 Å². The first-order chi connectivity index (χ1) is 6.86. The molecule has 0 aliphatic carbocycles. The lowest BCUT2D eigenvalue weighted by atomic mass is 10.1. The van der Waals surface area contributed by atoms with Gasteiger partial charge < -0.3 is 9.73 Å². The van der Waals surface area contributed by atoms with Gasteiger partial charge in [0.1, 0.15) is 0 Å². The maximum absolute atomic E-state index is 5.04. The summed E-state index contributed by atoms with van der Waals surface area (Å²) in [6.07, 6.45) is 8.68. The molecule has 0 saturated carbocycles. The number of hydrogen-bond acceptors (Lipinski definition) is 2. The summed E-state index contributed by atoms with van der Waals surface area (Å²) < 4.78 is 5.04. The van der Waals surface area contributed by atoms with Crippen molar-refractivity contribution in [3.05, 3.63) is 36.8 Å². The molecule has 0 spiro atoms. The van der Waals surface area contributed by atoms with E-state index in [-0.39, 0.29) is 0 Å². The molecule has 14 heavy (non-hydrogen) atoms. The van der Waals surface area contributed by atoms with E-state index in [1.807, 2.05) is 18.4 Å². The highest BCUT2D eigenvalue weighted by Crippen LogP contribution is 2.07. The molecule has 78 valence electrons. The van der Waals surface area contributed by atoms with Gasteiger partial charge in [0.15, 0.2) is 0 Å². The average molecular weight is 193 g/mol. The van der Waals surface area contributed by atoms with Crippen molar-refractivity contribution in [1.29, 1.82) is 0 Å². The van der Waals surface area contributed by atoms with Gasteiger partial charge in [-0.1, -0.05) is 13.0 Å². The molecule has 1 aromatic rings. The third kappa shape index (κ3) is 3.79. The van der Waals surface area contributed by atoms with Crippen molar-refractivity contribution in [3.8, 4) is 0 Å². The van der Waals surface area contributed by atoms with Gasteiger partial charge >= 0.3 is 0 Å². The molecular formula is C12H19NO. The smallest absolute Gasteiger partial charge is 0.0935 e. The van der Waals surface area contributed by atoms with Gasteiger partial charge in [-0.3, -0.25) is 0 Å². The molecule has 1 rings (SSSR count). The van der Waals surface area contributed by atoms with Gasteiger partial charge in [-0.05, 0) is 37.4 Å². The quantitative estimate of drug-likeness (QED) is 0.674. The van der Waals surface area contributed by atoms with Crippen molar-refractivity contribution in [3.63, 3.8) is 0 Å². The highest BCUT2D eigenvalue weighted by Gasteiger charge is 2.07. The molecule has 0 amide bonds. The van der Waals surface area contributed by atoms with E-state index in [1.165, 1.54) is 12.0 Å². The van der Waals surface area contributed by atoms with Gasteiger partial charge in [-0.2, -0.15) is 0 Å². The van der Waals surface area contributed by atoms with Crippen molar-refractivity contribution < 1.29 is 4.42 Å². The standard InChI is InChI=1S/C12H19NO/c1-3-5-12(13-7-4-2)9-11-6-8-14-10-11/h3,6,8,10,12-13H,1,4-5,7,9H2,2H3. The van der Waals surface area contributed by atoms with E-state index in [1.54, 1.807) is 6.26 Å². The number of rotatable bonds is 7. The molecule has 1 unspecified atom stereocenters. The van der Waals surface area contributed by atoms with Crippen LogP contribution in [0.2, 0.25) is 0 Å². The largest absolute Gasteiger partial charge is 0.472 e. The molecule has 0 bridgehead atoms. The third-order valence-corrected chi connectivity index (χ3v) is 2.20. The molecule has 0 aliphatic heterocycles. The molecule has 1 aromatic heterocycles. The molecule has 2 heteroatoms. The summed E-state index contributed by atoms with van der Waals surface area (Å²) in [5, 5.41) is 3.50. The van der Waals surface area contributed by atoms with Gasteiger partial charge in [0.2, 0.25) is 0 Å². The van der Waals surface area contributed by atoms with Gasteiger partial charge in [0.25, 0.3) is 0 Å². The second-order valence-electron chi connectivity index (χ2n) is 3.51. The summed E-state index contributed by atoms with van der Waals surface area (Å²) in [5.74, 6) is 0. The maximum Gasteiger partial charge on any atom is 0.0935 e. The Morgan fingerprint density at radius 3 is 3.07 bits per heavy atom. The van der Waals surface area contributed by atoms with Crippen LogP contribution in [0, 0.1) is 0 Å². The van der Waals surface area contributed by atoms with Crippen molar-refractivity contribution in [2.24, 2.45) is 0 Å². The van der Waals surface area contributed by atoms with E-state index in [0.717, 1.165) is 19.4 Å². The Labute approximate surface area is 86.0 Å². The Balaban J connectivity index is 2.38. The SMILES string of the molecule is C=CCC(Cc1ccoc1)NCCC. The molecule has 0 aliphatic rings. The fourth-order valence-electron chi connectivity index (χ4n) is 1.48. The highest BCUT2D eigenvalue weighted by molar-refractivity contribution is 5.07. The first kappa shape index (κ1) is 11.1. The second-order valence-corrected chi connectivity index (χ2v) is 3.51. The zero-order valence-electron chi connectivity index (χ0n) is 8.83. The van der Waals surface area contributed by atoms with Crippen LogP contribution in [0.3, 0.4) is 0 Å². The van der Waals surface area contributed by atoms with Crippen LogP contribution < -0.4 is 5.32 Å². The lowest BCUT2D eigenvalue weighted by Crippen LogP contribution is -2.31. The average Bonchev–Trinajstić information content (AvgIpc) is 2.67. The molecule has 1 N–H and O–H groups in total. The summed E-state index contributed by atoms with van der Waals surface area (Å²) in [7, 11) is 0. The Bertz CT molecular complexity index is 241. The monoisotopic (exact) mass is 193 g/mol. The molecule has 0 aromatic carbocycles. The van der Waals surface area contributed by atoms with Crippen molar-refractivity contribution in [2.45, 2.75) is 32.2 Å². The molecule has 0 radical (unpaired) electrons. The van der Waals surface area contributed by atoms with Gasteiger partial charge in [0, 0.05) is 6.04 Å². The minimum atomic E-state index is 0.491. The minimum Gasteiger partial charge on any atom is -0.472 e. The van der Waals surface area contributed by atoms with Crippen molar-refractivity contribution in [2.75, 3.05) is 6.54 Å². The van der Waals surface area contributed by atoms with E-state index in [0.29, 0.717) is 6.04 Å². The Kier molecular flexibility index (Phi) is 5.08. The number of furan rings is 1. The van der Waals surface area contributed by atoms with Crippen LogP contribution in [0.4, 0.5) is 0 Å². The molecule has 2 nitrogen and oxygen atoms in total. The third-order valence-electron chi connectivity index (χ3n) is 2.20. The lowest BCUT2D eigenvalue weighted by molar-refractivity contribution is 0.506. The first-order valence-electron chi connectivity index (χ1n) is 5.22. The van der Waals surface area contributed by atoms with Crippen LogP contribution in [0.5, 0.6) is 0 Å². The minimum absolute atomic E-state index is 0.491. The summed E-state index contributed by atoms with van der Waals surface area (Å²) in [6.45, 7) is 7.02. The van der Waals surface area contributed by atoms with Gasteiger partial charge in [-0.25, -0.2) is 0 Å². The van der Waals surface area contributed by atoms with Crippen LogP contribution in [0.25, 0.3) is 0 Å². The summed E-state index contributed by atoms with van der Waals surface area (Å²) >= 11 is 0. The molecule has 1 heterocycles. The highest BCUT2D eigenvalue weighted by atomic mass is 16.3. The van der Waals surface area contributed by atoms with E-state index in [9.17, 15) is 0 Å². The summed E-state index contributed by atoms with van der Waals surface area (Å²) in [6, 6.07) is 2.51. The predicted molar refractivity (Wildman–Crippen MR) is 59.3 cm³/mol. The predicted octanol–water partition coefficient (Wildman–Crippen LogP) is 2.77. The van der Waals surface area contributed by atoms with Crippen LogP contribution >= 0.6 is 0 Å². The zero-order chi connectivity index (χ0) is 10.2. The van der Waals surface area contributed by atoms with Crippen LogP contribution in [-0.2, 0) is 6.42 Å². The zero-order valence-corrected chi connectivity index (χ0v) is 8.83. The Morgan fingerprint density at radius 1 is 1.64 bits per heavy atom. The Morgan fingerprint density at radius 2 is 2.50 bits per heavy atom. The Hall–Kier alpha value is -1.02. The number of nitrogens with one attached hydrogen (secondary N) is 1. The first-order valence-corrected chi connectivity index (χ1v) is 5.22. The molecule has 1 atom stereocenters.